The second-order valence-corrected chi connectivity index (χ2v) is 24.9. The van der Waals surface area contributed by atoms with Gasteiger partial charge in [0, 0.05) is 76.2 Å². The second-order valence-electron chi connectivity index (χ2n) is 24.9. The lowest BCUT2D eigenvalue weighted by atomic mass is 9.83. The highest BCUT2D eigenvalue weighted by molar-refractivity contribution is 6.29. The van der Waals surface area contributed by atoms with Gasteiger partial charge in [0.2, 0.25) is 0 Å². The molecule has 19 rings (SSSR count). The predicted octanol–water partition coefficient (Wildman–Crippen LogP) is 21.0. The first-order valence-electron chi connectivity index (χ1n) is 31.2. The van der Waals surface area contributed by atoms with Crippen molar-refractivity contribution >= 4 is 133 Å². The van der Waals surface area contributed by atoms with Crippen molar-refractivity contribution in [3.8, 4) is 0 Å². The zero-order chi connectivity index (χ0) is 54.7. The van der Waals surface area contributed by atoms with E-state index in [1.807, 2.05) is 0 Å². The van der Waals surface area contributed by atoms with Crippen LogP contribution in [0.4, 0.5) is 22.7 Å². The monoisotopic (exact) mass is 1090 g/mol. The van der Waals surface area contributed by atoms with Crippen molar-refractivity contribution in [3.63, 3.8) is 0 Å². The van der Waals surface area contributed by atoms with Crippen molar-refractivity contribution in [2.45, 2.75) is 101 Å². The number of para-hydroxylation sites is 7. The van der Waals surface area contributed by atoms with Gasteiger partial charge in [0.1, 0.15) is 11.2 Å². The quantitative estimate of drug-likeness (QED) is 0.152. The van der Waals surface area contributed by atoms with Gasteiger partial charge in [0.25, 0.3) is 0 Å². The highest BCUT2D eigenvalue weighted by Gasteiger charge is 2.37. The number of aryl methyl sites for hydroxylation is 1. The number of furan rings is 2. The van der Waals surface area contributed by atoms with E-state index < -0.39 is 0 Å². The molecule has 2 fully saturated rings. The molecule has 2 saturated carbocycles. The van der Waals surface area contributed by atoms with Gasteiger partial charge in [-0.2, -0.15) is 0 Å². The Kier molecular flexibility index (Phi) is 10.2. The van der Waals surface area contributed by atoms with Crippen LogP contribution < -0.4 is 15.0 Å². The van der Waals surface area contributed by atoms with E-state index in [4.69, 9.17) is 8.83 Å². The fourth-order valence-electron chi connectivity index (χ4n) is 17.0. The number of fused-ring (bicyclic) bond motifs is 18. The van der Waals surface area contributed by atoms with Gasteiger partial charge in [-0.3, -0.25) is 0 Å². The van der Waals surface area contributed by atoms with Crippen LogP contribution >= 0.6 is 0 Å². The minimum atomic E-state index is 0.0192. The number of hydrogen-bond acceptors (Lipinski definition) is 4. The lowest BCUT2D eigenvalue weighted by Gasteiger charge is -2.37. The zero-order valence-electron chi connectivity index (χ0n) is 47.1. The van der Waals surface area contributed by atoms with Crippen molar-refractivity contribution < 1.29 is 8.83 Å². The SMILES string of the molecule is C1=C(N(c2ccccc2)C2CC=c3c4cc5c(cc4n4c3c2c2ccccc24)c2ccc(N(c3ccccc3)c3cccc4c3oc3c(C6CCCCC6)cccc34)c3c4ccccc4n5c23)c2oc3c(C4CCCCC4)cccc3c2CC1. The van der Waals surface area contributed by atoms with Crippen LogP contribution in [-0.4, -0.2) is 8.80 Å². The Balaban J connectivity index is 0.815. The normalized spacial score (nSPS) is 17.1. The highest BCUT2D eigenvalue weighted by atomic mass is 16.3. The van der Waals surface area contributed by atoms with Crippen LogP contribution in [0.3, 0.4) is 0 Å². The molecule has 6 heteroatoms. The summed E-state index contributed by atoms with van der Waals surface area (Å²) in [5.41, 5.74) is 21.8. The molecule has 6 heterocycles. The molecule has 0 amide bonds. The van der Waals surface area contributed by atoms with Crippen molar-refractivity contribution in [2.24, 2.45) is 0 Å². The number of rotatable bonds is 8. The largest absolute Gasteiger partial charge is 0.454 e. The second kappa shape index (κ2) is 18.1. The molecule has 0 bridgehead atoms. The number of anilines is 4. The van der Waals surface area contributed by atoms with Crippen LogP contribution in [0.25, 0.3) is 110 Å². The molecule has 0 aliphatic heterocycles. The zero-order valence-corrected chi connectivity index (χ0v) is 47.1. The lowest BCUT2D eigenvalue weighted by molar-refractivity contribution is 0.440. The fraction of sp³-hybridized carbons (Fsp3) is 0.205. The van der Waals surface area contributed by atoms with Crippen LogP contribution in [0.1, 0.15) is 123 Å². The Morgan fingerprint density at radius 1 is 0.417 bits per heavy atom. The third-order valence-corrected chi connectivity index (χ3v) is 20.6. The van der Waals surface area contributed by atoms with Gasteiger partial charge in [-0.05, 0) is 129 Å². The predicted molar refractivity (Wildman–Crippen MR) is 349 cm³/mol. The molecule has 406 valence electrons. The Morgan fingerprint density at radius 2 is 1.01 bits per heavy atom. The van der Waals surface area contributed by atoms with Gasteiger partial charge >= 0.3 is 0 Å². The van der Waals surface area contributed by atoms with Crippen LogP contribution in [0.15, 0.2) is 203 Å². The van der Waals surface area contributed by atoms with Gasteiger partial charge in [-0.15, -0.1) is 0 Å². The summed E-state index contributed by atoms with van der Waals surface area (Å²) in [5, 5.41) is 12.6. The number of aromatic nitrogens is 2. The average Bonchev–Trinajstić information content (AvgIpc) is 1.62. The first-order chi connectivity index (χ1) is 41.7. The molecule has 0 saturated heterocycles. The summed E-state index contributed by atoms with van der Waals surface area (Å²) in [6, 6.07) is 70.8. The molecular formula is C78H62N4O2. The topological polar surface area (TPSA) is 41.6 Å². The first kappa shape index (κ1) is 47.3. The summed E-state index contributed by atoms with van der Waals surface area (Å²) in [6.45, 7) is 0. The summed E-state index contributed by atoms with van der Waals surface area (Å²) >= 11 is 0. The molecule has 1 unspecified atom stereocenters. The van der Waals surface area contributed by atoms with E-state index in [-0.39, 0.29) is 6.04 Å². The Labute approximate surface area is 486 Å². The number of hydrogen-bond donors (Lipinski definition) is 0. The molecular weight excluding hydrogens is 1020 g/mol. The first-order valence-corrected chi connectivity index (χ1v) is 31.2. The van der Waals surface area contributed by atoms with Crippen molar-refractivity contribution in [1.29, 1.82) is 0 Å². The maximum atomic E-state index is 7.34. The van der Waals surface area contributed by atoms with E-state index in [1.54, 1.807) is 0 Å². The molecule has 1 atom stereocenters. The summed E-state index contributed by atoms with van der Waals surface area (Å²) in [5.74, 6) is 2.13. The Morgan fingerprint density at radius 3 is 1.76 bits per heavy atom. The molecule has 0 radical (unpaired) electrons. The third-order valence-electron chi connectivity index (χ3n) is 20.6. The minimum Gasteiger partial charge on any atom is -0.454 e. The maximum absolute atomic E-state index is 7.34. The Hall–Kier alpha value is -9.26. The van der Waals surface area contributed by atoms with Gasteiger partial charge in [-0.25, -0.2) is 0 Å². The van der Waals surface area contributed by atoms with E-state index in [0.717, 1.165) is 64.2 Å². The summed E-state index contributed by atoms with van der Waals surface area (Å²) in [4.78, 5) is 5.12. The average molecular weight is 1090 g/mol. The molecule has 9 aromatic carbocycles. The van der Waals surface area contributed by atoms with Gasteiger partial charge in [0.15, 0.2) is 11.3 Å². The van der Waals surface area contributed by atoms with Crippen LogP contribution in [-0.2, 0) is 6.42 Å². The number of nitrogens with zero attached hydrogens (tertiary/aromatic N) is 4. The molecule has 0 N–H and O–H groups in total. The van der Waals surface area contributed by atoms with E-state index in [1.165, 1.54) is 179 Å². The Bertz CT molecular complexity index is 5270. The minimum absolute atomic E-state index is 0.0192. The standard InChI is InChI=1S/C78H62N4O2/c1-5-21-47(22-6-1)51-31-17-33-55-57-35-19-39-67(77(57)83-75(51)55)79(49-25-9-3-10-26-49)65-43-41-53-61-45-70-62(46-69(61)81-63-37-15-13-29-59(63)71(65)73(53)81)54-42-44-66(72-60-30-14-16-38-64(60)82(70)74(54)72)80(50-27-11-4-12-28-50)68-40-20-36-58-56-34-18-32-52(76(56)84-78(58)68)48-23-7-2-8-24-48/h3-4,9-19,25-35,37-43,45-48,66H,1-2,5-8,20-24,36,44H2. The summed E-state index contributed by atoms with van der Waals surface area (Å²) in [6.07, 6.45) is 20.6. The smallest absolute Gasteiger partial charge is 0.159 e. The van der Waals surface area contributed by atoms with Gasteiger partial charge in [0.05, 0.1) is 56.2 Å². The molecule has 6 nitrogen and oxygen atoms in total. The van der Waals surface area contributed by atoms with Crippen molar-refractivity contribution in [2.75, 3.05) is 9.80 Å². The fourth-order valence-corrected chi connectivity index (χ4v) is 17.0. The van der Waals surface area contributed by atoms with Gasteiger partial charge in [-0.1, -0.05) is 178 Å². The molecule has 6 aromatic heterocycles. The third kappa shape index (κ3) is 6.57. The molecule has 4 aliphatic carbocycles. The molecule has 15 aromatic rings. The van der Waals surface area contributed by atoms with Crippen LogP contribution in [0.5, 0.6) is 0 Å². The van der Waals surface area contributed by atoms with Crippen molar-refractivity contribution in [1.82, 2.24) is 8.80 Å². The van der Waals surface area contributed by atoms with Crippen molar-refractivity contribution in [3.05, 3.63) is 227 Å². The summed E-state index contributed by atoms with van der Waals surface area (Å²) < 4.78 is 19.8. The van der Waals surface area contributed by atoms with E-state index >= 15 is 0 Å². The van der Waals surface area contributed by atoms with E-state index in [0.29, 0.717) is 11.8 Å². The molecule has 0 spiro atoms. The number of allylic oxidation sites excluding steroid dienone is 1. The maximum Gasteiger partial charge on any atom is 0.159 e. The highest BCUT2D eigenvalue weighted by Crippen LogP contribution is 2.53. The molecule has 84 heavy (non-hydrogen) atoms. The van der Waals surface area contributed by atoms with E-state index in [2.05, 4.69) is 219 Å². The van der Waals surface area contributed by atoms with Crippen LogP contribution in [0, 0.1) is 0 Å². The molecule has 4 aliphatic rings. The van der Waals surface area contributed by atoms with E-state index in [9.17, 15) is 0 Å². The lowest BCUT2D eigenvalue weighted by Crippen LogP contribution is -2.30. The van der Waals surface area contributed by atoms with Gasteiger partial charge < -0.3 is 27.4 Å². The number of benzene rings is 9. The summed E-state index contributed by atoms with van der Waals surface area (Å²) in [7, 11) is 0. The van der Waals surface area contributed by atoms with Crippen LogP contribution in [0.2, 0.25) is 0 Å².